The molecule has 0 aliphatic heterocycles. The van der Waals surface area contributed by atoms with Crippen molar-refractivity contribution >= 4 is 38.0 Å². The first-order valence-corrected chi connectivity index (χ1v) is 19.1. The van der Waals surface area contributed by atoms with E-state index in [9.17, 15) is 0 Å². The van der Waals surface area contributed by atoms with Crippen LogP contribution in [0.2, 0.25) is 0 Å². The molecule has 2 aromatic carbocycles. The van der Waals surface area contributed by atoms with Crippen LogP contribution in [0.25, 0.3) is 22.2 Å². The van der Waals surface area contributed by atoms with Crippen LogP contribution in [-0.2, 0) is 40.2 Å². The minimum absolute atomic E-state index is 0. The Hall–Kier alpha value is 0.459. The summed E-state index contributed by atoms with van der Waals surface area (Å²) in [7, 11) is 0.525. The molecule has 0 bridgehead atoms. The molecule has 0 heterocycles. The van der Waals surface area contributed by atoms with Crippen molar-refractivity contribution in [2.24, 2.45) is 0 Å². The van der Waals surface area contributed by atoms with Crippen molar-refractivity contribution in [2.45, 2.75) is 170 Å². The summed E-state index contributed by atoms with van der Waals surface area (Å²) >= 11 is 0. The van der Waals surface area contributed by atoms with Gasteiger partial charge in [0.2, 0.25) is 0 Å². The average Bonchev–Trinajstić information content (AvgIpc) is 2.83. The summed E-state index contributed by atoms with van der Waals surface area (Å²) in [5, 5.41) is 1.70. The molecule has 0 amide bonds. The Labute approximate surface area is 294 Å². The van der Waals surface area contributed by atoms with Gasteiger partial charge in [-0.15, -0.1) is 11.4 Å². The van der Waals surface area contributed by atoms with Gasteiger partial charge >= 0.3 is 0 Å². The van der Waals surface area contributed by atoms with Crippen molar-refractivity contribution in [3.05, 3.63) is 47.9 Å². The molecule has 42 heavy (non-hydrogen) atoms. The Bertz CT molecular complexity index is 733. The SMILES string of the molecule is CC(C)P(C(C)C)C(C)C.CC(C)P(C(C)C)C(C)C.CCCC.CCCC.[Ir].[Ir].[NH-]c1cccc2cccc([NH-])c12. The molecule has 2 nitrogen and oxygen atoms in total. The zero-order valence-corrected chi connectivity index (χ0v) is 36.9. The fourth-order valence-corrected chi connectivity index (χ4v) is 12.1. The van der Waals surface area contributed by atoms with Crippen LogP contribution in [-0.4, -0.2) is 34.0 Å². The quantitative estimate of drug-likeness (QED) is 0.237. The number of rotatable bonds is 8. The Morgan fingerprint density at radius 2 is 0.667 bits per heavy atom. The second-order valence-corrected chi connectivity index (χ2v) is 20.2. The van der Waals surface area contributed by atoms with Gasteiger partial charge in [-0.3, -0.25) is 0 Å². The average molecular weight is 977 g/mol. The van der Waals surface area contributed by atoms with Gasteiger partial charge in [-0.05, 0) is 44.7 Å². The van der Waals surface area contributed by atoms with E-state index in [0.717, 1.165) is 44.7 Å². The van der Waals surface area contributed by atoms with Gasteiger partial charge in [0.25, 0.3) is 0 Å². The molecule has 0 saturated heterocycles. The van der Waals surface area contributed by atoms with Crippen molar-refractivity contribution in [2.75, 3.05) is 0 Å². The number of nitrogens with one attached hydrogen (secondary N) is 2. The van der Waals surface area contributed by atoms with Crippen LogP contribution in [0, 0.1) is 0 Å². The second-order valence-electron chi connectivity index (χ2n) is 12.2. The smallest absolute Gasteiger partial charge is 0 e. The van der Waals surface area contributed by atoms with Crippen LogP contribution in [0.3, 0.4) is 0 Å². The van der Waals surface area contributed by atoms with Gasteiger partial charge < -0.3 is 11.5 Å². The zero-order chi connectivity index (χ0) is 32.0. The van der Waals surface area contributed by atoms with E-state index in [1.54, 1.807) is 12.1 Å². The van der Waals surface area contributed by atoms with E-state index in [-0.39, 0.29) is 56.1 Å². The van der Waals surface area contributed by atoms with E-state index in [1.807, 2.05) is 24.3 Å². The van der Waals surface area contributed by atoms with Gasteiger partial charge in [-0.1, -0.05) is 189 Å². The van der Waals surface area contributed by atoms with Crippen LogP contribution in [0.1, 0.15) is 136 Å². The number of benzene rings is 2. The van der Waals surface area contributed by atoms with Gasteiger partial charge in [-0.2, -0.15) is 0 Å². The Kier molecular flexibility index (Phi) is 38.9. The van der Waals surface area contributed by atoms with Crippen molar-refractivity contribution in [3.63, 3.8) is 0 Å². The largest absolute Gasteiger partial charge is 0.698 e. The molecule has 254 valence electrons. The maximum atomic E-state index is 7.58. The minimum atomic E-state index is 0. The van der Waals surface area contributed by atoms with Crippen LogP contribution >= 0.6 is 15.8 Å². The predicted octanol–water partition coefficient (Wildman–Crippen LogP) is 15.2. The van der Waals surface area contributed by atoms with E-state index in [4.69, 9.17) is 11.5 Å². The van der Waals surface area contributed by atoms with E-state index in [1.165, 1.54) is 25.7 Å². The summed E-state index contributed by atoms with van der Waals surface area (Å²) in [5.41, 5.74) is 21.4. The number of hydrogen-bond acceptors (Lipinski definition) is 0. The van der Waals surface area contributed by atoms with E-state index in [2.05, 4.69) is 111 Å². The monoisotopic (exact) mass is 978 g/mol. The normalized spacial score (nSPS) is 10.4. The first-order valence-electron chi connectivity index (χ1n) is 16.0. The molecule has 0 saturated carbocycles. The second kappa shape index (κ2) is 31.4. The summed E-state index contributed by atoms with van der Waals surface area (Å²) in [6, 6.07) is 10.9. The van der Waals surface area contributed by atoms with Gasteiger partial charge in [0.05, 0.1) is 0 Å². The molecule has 2 aromatic rings. The van der Waals surface area contributed by atoms with Crippen molar-refractivity contribution in [1.29, 1.82) is 0 Å². The molecule has 0 aromatic heterocycles. The standard InChI is InChI=1S/C10H8N2.2C9H21P.2C4H10.2Ir/c11-8-5-1-3-7-4-2-6-9(12)10(7)8;2*1-7(2)10(8(3)4)9(5)6;2*1-3-4-2;;/h1-6,11-12H;2*7-9H,1-6H3;2*3-4H2,1-2H3;;/q-2;;;;;;. The number of hydrogen-bond donors (Lipinski definition) is 0. The van der Waals surface area contributed by atoms with E-state index in [0.29, 0.717) is 11.4 Å². The zero-order valence-electron chi connectivity index (χ0n) is 30.3. The summed E-state index contributed by atoms with van der Waals surface area (Å²) < 4.78 is 0. The van der Waals surface area contributed by atoms with E-state index < -0.39 is 0 Å². The molecule has 6 heteroatoms. The van der Waals surface area contributed by atoms with Gasteiger partial charge in [0, 0.05) is 40.2 Å². The van der Waals surface area contributed by atoms with Crippen molar-refractivity contribution in [3.8, 4) is 0 Å². The van der Waals surface area contributed by atoms with Crippen LogP contribution < -0.4 is 0 Å². The molecule has 0 fully saturated rings. The topological polar surface area (TPSA) is 47.6 Å². The van der Waals surface area contributed by atoms with Crippen molar-refractivity contribution < 1.29 is 40.2 Å². The molecule has 0 aliphatic rings. The molecular formula is C36H70Ir2N2P2-2. The Balaban J connectivity index is -0.000000142. The van der Waals surface area contributed by atoms with Gasteiger partial charge in [0.15, 0.2) is 0 Å². The fourth-order valence-electron chi connectivity index (χ4n) is 4.92. The van der Waals surface area contributed by atoms with Gasteiger partial charge in [-0.25, -0.2) is 0 Å². The summed E-state index contributed by atoms with van der Waals surface area (Å²) in [5.74, 6) is 0. The van der Waals surface area contributed by atoms with Crippen LogP contribution in [0.4, 0.5) is 11.4 Å². The number of unbranched alkanes of at least 4 members (excludes halogenated alkanes) is 2. The maximum absolute atomic E-state index is 7.58. The molecule has 2 rings (SSSR count). The van der Waals surface area contributed by atoms with Crippen molar-refractivity contribution in [1.82, 2.24) is 0 Å². The molecule has 0 atom stereocenters. The molecule has 2 radical (unpaired) electrons. The molecule has 2 N–H and O–H groups in total. The molecule has 0 spiro atoms. The third-order valence-electron chi connectivity index (χ3n) is 6.48. The third kappa shape index (κ3) is 24.7. The van der Waals surface area contributed by atoms with E-state index >= 15 is 0 Å². The number of fused-ring (bicyclic) bond motifs is 1. The van der Waals surface area contributed by atoms with Gasteiger partial charge in [0.1, 0.15) is 0 Å². The van der Waals surface area contributed by atoms with Crippen LogP contribution in [0.15, 0.2) is 36.4 Å². The Morgan fingerprint density at radius 1 is 0.452 bits per heavy atom. The molecule has 0 unspecified atom stereocenters. The minimum Gasteiger partial charge on any atom is -0.698 e. The third-order valence-corrected chi connectivity index (χ3v) is 13.6. The fraction of sp³-hybridized carbons (Fsp3) is 0.722. The summed E-state index contributed by atoms with van der Waals surface area (Å²) in [6.07, 6.45) is 5.28. The Morgan fingerprint density at radius 3 is 0.786 bits per heavy atom. The first kappa shape index (κ1) is 52.0. The first-order chi connectivity index (χ1) is 18.5. The summed E-state index contributed by atoms with van der Waals surface area (Å²) in [4.78, 5) is 0. The predicted molar refractivity (Wildman–Crippen MR) is 198 cm³/mol. The maximum Gasteiger partial charge on any atom is 0 e. The summed E-state index contributed by atoms with van der Waals surface area (Å²) in [6.45, 7) is 37.0. The van der Waals surface area contributed by atoms with Crippen LogP contribution in [0.5, 0.6) is 0 Å². The molecular weight excluding hydrogens is 907 g/mol. The molecule has 0 aliphatic carbocycles.